The first-order chi connectivity index (χ1) is 5.35. The Balaban J connectivity index is 3.35. The molecule has 0 aromatic carbocycles. The van der Waals surface area contributed by atoms with Crippen LogP contribution in [0.5, 0.6) is 0 Å². The molecule has 0 N–H and O–H groups in total. The van der Waals surface area contributed by atoms with Gasteiger partial charge < -0.3 is 9.31 Å². The van der Waals surface area contributed by atoms with Crippen LogP contribution in [0.3, 0.4) is 0 Å². The van der Waals surface area contributed by atoms with Crippen LogP contribution in [0.2, 0.25) is 0 Å². The number of hydrogen-bond donors (Lipinski definition) is 0. The molecule has 0 rings (SSSR count). The predicted octanol–water partition coefficient (Wildman–Crippen LogP) is 1.39. The molecule has 4 heteroatoms. The summed E-state index contributed by atoms with van der Waals surface area (Å²) in [7, 11) is -0.671. The van der Waals surface area contributed by atoms with Crippen molar-refractivity contribution in [3.05, 3.63) is 0 Å². The average Bonchev–Trinajstić information content (AvgIpc) is 2.05. The molecule has 0 amide bonds. The summed E-state index contributed by atoms with van der Waals surface area (Å²) < 4.78 is 10.1. The third-order valence-electron chi connectivity index (χ3n) is 1.05. The largest absolute Gasteiger partial charge is 0.578 e. The molecule has 0 aliphatic rings. The van der Waals surface area contributed by atoms with Crippen molar-refractivity contribution in [1.29, 1.82) is 5.26 Å². The molecule has 0 saturated carbocycles. The highest BCUT2D eigenvalue weighted by atomic mass is 16.6. The van der Waals surface area contributed by atoms with E-state index >= 15 is 0 Å². The quantitative estimate of drug-likeness (QED) is 0.544. The minimum Gasteiger partial charge on any atom is -0.399 e. The average molecular weight is 155 g/mol. The van der Waals surface area contributed by atoms with Crippen molar-refractivity contribution in [2.45, 2.75) is 26.7 Å². The Kier molecular flexibility index (Phi) is 7.22. The number of nitrogens with zero attached hydrogens (tertiary/aromatic N) is 1. The molecular weight excluding hydrogens is 141 g/mol. The molecule has 0 spiro atoms. The van der Waals surface area contributed by atoms with Crippen LogP contribution < -0.4 is 0 Å². The minimum atomic E-state index is -0.671. The summed E-state index contributed by atoms with van der Waals surface area (Å²) in [5, 5.41) is 8.48. The van der Waals surface area contributed by atoms with Crippen LogP contribution in [-0.2, 0) is 9.31 Å². The zero-order valence-electron chi connectivity index (χ0n) is 7.17. The van der Waals surface area contributed by atoms with Crippen LogP contribution in [0.1, 0.15) is 26.7 Å². The Morgan fingerprint density at radius 3 is 1.91 bits per heavy atom. The highest BCUT2D eigenvalue weighted by Crippen LogP contribution is 1.91. The van der Waals surface area contributed by atoms with E-state index in [-0.39, 0.29) is 0 Å². The van der Waals surface area contributed by atoms with E-state index in [2.05, 4.69) is 0 Å². The van der Waals surface area contributed by atoms with Crippen molar-refractivity contribution in [3.8, 4) is 5.97 Å². The van der Waals surface area contributed by atoms with E-state index in [0.29, 0.717) is 13.2 Å². The van der Waals surface area contributed by atoms with Gasteiger partial charge in [0.05, 0.1) is 5.97 Å². The zero-order chi connectivity index (χ0) is 8.53. The van der Waals surface area contributed by atoms with Crippen LogP contribution in [0, 0.1) is 11.2 Å². The molecule has 11 heavy (non-hydrogen) atoms. The molecule has 62 valence electrons. The Bertz CT molecular complexity index is 116. The van der Waals surface area contributed by atoms with Gasteiger partial charge in [-0.25, -0.2) is 5.26 Å². The maximum atomic E-state index is 8.48. The maximum absolute atomic E-state index is 8.48. The third kappa shape index (κ3) is 5.90. The van der Waals surface area contributed by atoms with Crippen molar-refractivity contribution < 1.29 is 9.31 Å². The second-order valence-corrected chi connectivity index (χ2v) is 2.20. The summed E-state index contributed by atoms with van der Waals surface area (Å²) in [6.07, 6.45) is 1.82. The van der Waals surface area contributed by atoms with E-state index in [4.69, 9.17) is 14.6 Å². The highest BCUT2D eigenvalue weighted by Gasteiger charge is 2.15. The lowest BCUT2D eigenvalue weighted by molar-refractivity contribution is 0.208. The smallest absolute Gasteiger partial charge is 0.399 e. The summed E-state index contributed by atoms with van der Waals surface area (Å²) in [6, 6.07) is 0. The van der Waals surface area contributed by atoms with Gasteiger partial charge in [-0.1, -0.05) is 13.8 Å². The first kappa shape index (κ1) is 10.5. The van der Waals surface area contributed by atoms with E-state index in [1.54, 1.807) is 0 Å². The van der Waals surface area contributed by atoms with Gasteiger partial charge in [0.1, 0.15) is 0 Å². The zero-order valence-corrected chi connectivity index (χ0v) is 7.17. The summed E-state index contributed by atoms with van der Waals surface area (Å²) in [4.78, 5) is 0. The second kappa shape index (κ2) is 7.58. The van der Waals surface area contributed by atoms with Crippen LogP contribution >= 0.6 is 0 Å². The SMILES string of the molecule is CCCOB(C#N)OCCC. The van der Waals surface area contributed by atoms with Gasteiger partial charge in [0.15, 0.2) is 0 Å². The van der Waals surface area contributed by atoms with E-state index in [9.17, 15) is 0 Å². The van der Waals surface area contributed by atoms with E-state index in [0.717, 1.165) is 12.8 Å². The maximum Gasteiger partial charge on any atom is 0.578 e. The molecule has 0 bridgehead atoms. The summed E-state index contributed by atoms with van der Waals surface area (Å²) in [6.45, 7) is 5.16. The predicted molar refractivity (Wildman–Crippen MR) is 43.9 cm³/mol. The second-order valence-electron chi connectivity index (χ2n) is 2.20. The normalized spacial score (nSPS) is 9.18. The Morgan fingerprint density at radius 1 is 1.18 bits per heavy atom. The first-order valence-corrected chi connectivity index (χ1v) is 3.98. The first-order valence-electron chi connectivity index (χ1n) is 3.98. The molecule has 0 saturated heterocycles. The van der Waals surface area contributed by atoms with Crippen molar-refractivity contribution in [2.75, 3.05) is 13.2 Å². The molecule has 0 heterocycles. The molecule has 0 atom stereocenters. The van der Waals surface area contributed by atoms with E-state index < -0.39 is 7.12 Å². The standard InChI is InChI=1S/C7H14BNO2/c1-3-5-10-8(7-9)11-6-4-2/h3-6H2,1-2H3. The molecule has 0 fully saturated rings. The van der Waals surface area contributed by atoms with Crippen LogP contribution in [0.15, 0.2) is 0 Å². The fourth-order valence-electron chi connectivity index (χ4n) is 0.572. The molecule has 0 aliphatic carbocycles. The fourth-order valence-corrected chi connectivity index (χ4v) is 0.572. The van der Waals surface area contributed by atoms with Crippen molar-refractivity contribution in [1.82, 2.24) is 0 Å². The molecular formula is C7H14BNO2. The van der Waals surface area contributed by atoms with Gasteiger partial charge in [-0.3, -0.25) is 0 Å². The van der Waals surface area contributed by atoms with Gasteiger partial charge in [0.2, 0.25) is 0 Å². The fraction of sp³-hybridized carbons (Fsp3) is 0.857. The molecule has 0 aliphatic heterocycles. The Hall–Kier alpha value is -0.525. The van der Waals surface area contributed by atoms with Crippen molar-refractivity contribution in [2.24, 2.45) is 0 Å². The Labute approximate surface area is 68.4 Å². The van der Waals surface area contributed by atoms with Gasteiger partial charge in [-0.2, -0.15) is 0 Å². The van der Waals surface area contributed by atoms with Gasteiger partial charge in [-0.15, -0.1) is 0 Å². The minimum absolute atomic E-state index is 0.585. The molecule has 0 unspecified atom stereocenters. The third-order valence-corrected chi connectivity index (χ3v) is 1.05. The summed E-state index contributed by atoms with van der Waals surface area (Å²) in [5.41, 5.74) is 0. The van der Waals surface area contributed by atoms with Gasteiger partial charge >= 0.3 is 7.12 Å². The van der Waals surface area contributed by atoms with E-state index in [1.807, 2.05) is 19.8 Å². The molecule has 3 nitrogen and oxygen atoms in total. The molecule has 0 radical (unpaired) electrons. The monoisotopic (exact) mass is 155 g/mol. The number of rotatable bonds is 6. The Morgan fingerprint density at radius 2 is 1.64 bits per heavy atom. The lowest BCUT2D eigenvalue weighted by Gasteiger charge is -2.05. The number of nitriles is 1. The highest BCUT2D eigenvalue weighted by molar-refractivity contribution is 6.53. The van der Waals surface area contributed by atoms with Gasteiger partial charge in [0.25, 0.3) is 0 Å². The summed E-state index contributed by atoms with van der Waals surface area (Å²) in [5.74, 6) is 1.93. The number of hydrogen-bond acceptors (Lipinski definition) is 3. The van der Waals surface area contributed by atoms with Crippen molar-refractivity contribution >= 4 is 7.12 Å². The van der Waals surface area contributed by atoms with Crippen LogP contribution in [0.25, 0.3) is 0 Å². The lowest BCUT2D eigenvalue weighted by Crippen LogP contribution is -2.22. The van der Waals surface area contributed by atoms with Crippen molar-refractivity contribution in [3.63, 3.8) is 0 Å². The van der Waals surface area contributed by atoms with E-state index in [1.165, 1.54) is 0 Å². The lowest BCUT2D eigenvalue weighted by atomic mass is 9.94. The van der Waals surface area contributed by atoms with Crippen LogP contribution in [-0.4, -0.2) is 20.3 Å². The topological polar surface area (TPSA) is 42.2 Å². The van der Waals surface area contributed by atoms with Gasteiger partial charge in [0, 0.05) is 13.2 Å². The van der Waals surface area contributed by atoms with Crippen LogP contribution in [0.4, 0.5) is 0 Å². The summed E-state index contributed by atoms with van der Waals surface area (Å²) >= 11 is 0. The molecule has 0 aromatic heterocycles. The molecule has 0 aromatic rings. The van der Waals surface area contributed by atoms with Gasteiger partial charge in [-0.05, 0) is 12.8 Å².